The number of carbonyl (C=O) groups is 1. The first-order chi connectivity index (χ1) is 9.22. The standard InChI is InChI=1S/C15H24ClNO2S/c1-10(2)14(19)15(3,4)9-17-13(18)8-6-11-5-7-12(16)20-11/h5,7,10,14,19H,6,8-9H2,1-4H3,(H,17,18). The number of hydrogen-bond acceptors (Lipinski definition) is 3. The predicted octanol–water partition coefficient (Wildman–Crippen LogP) is 3.49. The van der Waals surface area contributed by atoms with Crippen LogP contribution in [0.2, 0.25) is 4.34 Å². The van der Waals surface area contributed by atoms with Gasteiger partial charge in [0.15, 0.2) is 0 Å². The highest BCUT2D eigenvalue weighted by Crippen LogP contribution is 2.25. The second-order valence-electron chi connectivity index (χ2n) is 6.16. The van der Waals surface area contributed by atoms with Crippen LogP contribution in [0.15, 0.2) is 12.1 Å². The molecule has 5 heteroatoms. The summed E-state index contributed by atoms with van der Waals surface area (Å²) in [6, 6.07) is 3.80. The van der Waals surface area contributed by atoms with Crippen molar-refractivity contribution in [3.05, 3.63) is 21.3 Å². The van der Waals surface area contributed by atoms with Crippen molar-refractivity contribution in [2.45, 2.75) is 46.6 Å². The van der Waals surface area contributed by atoms with Gasteiger partial charge in [0.05, 0.1) is 10.4 Å². The van der Waals surface area contributed by atoms with Crippen LogP contribution in [0.5, 0.6) is 0 Å². The third kappa shape index (κ3) is 5.43. The van der Waals surface area contributed by atoms with E-state index in [1.54, 1.807) is 0 Å². The fourth-order valence-electron chi connectivity index (χ4n) is 2.14. The van der Waals surface area contributed by atoms with E-state index in [2.05, 4.69) is 5.32 Å². The summed E-state index contributed by atoms with van der Waals surface area (Å²) >= 11 is 7.36. The first kappa shape index (κ1) is 17.5. The maximum Gasteiger partial charge on any atom is 0.220 e. The zero-order valence-electron chi connectivity index (χ0n) is 12.6. The number of halogens is 1. The molecule has 0 aliphatic carbocycles. The molecule has 114 valence electrons. The smallest absolute Gasteiger partial charge is 0.220 e. The highest BCUT2D eigenvalue weighted by Gasteiger charge is 2.30. The Morgan fingerprint density at radius 2 is 2.10 bits per heavy atom. The van der Waals surface area contributed by atoms with Gasteiger partial charge in [0.1, 0.15) is 0 Å². The van der Waals surface area contributed by atoms with Crippen molar-refractivity contribution >= 4 is 28.8 Å². The zero-order valence-corrected chi connectivity index (χ0v) is 14.1. The molecule has 1 aromatic heterocycles. The van der Waals surface area contributed by atoms with Crippen LogP contribution < -0.4 is 5.32 Å². The first-order valence-corrected chi connectivity index (χ1v) is 8.11. The monoisotopic (exact) mass is 317 g/mol. The van der Waals surface area contributed by atoms with Crippen LogP contribution in [0, 0.1) is 11.3 Å². The summed E-state index contributed by atoms with van der Waals surface area (Å²) in [5.74, 6) is 0.189. The number of aliphatic hydroxyl groups excluding tert-OH is 1. The van der Waals surface area contributed by atoms with Crippen molar-refractivity contribution in [1.82, 2.24) is 5.32 Å². The van der Waals surface area contributed by atoms with Gasteiger partial charge in [-0.3, -0.25) is 4.79 Å². The summed E-state index contributed by atoms with van der Waals surface area (Å²) in [6.45, 7) is 8.38. The van der Waals surface area contributed by atoms with Crippen LogP contribution in [0.3, 0.4) is 0 Å². The topological polar surface area (TPSA) is 49.3 Å². The third-order valence-corrected chi connectivity index (χ3v) is 4.69. The molecule has 0 saturated carbocycles. The number of nitrogens with one attached hydrogen (secondary N) is 1. The Morgan fingerprint density at radius 1 is 1.45 bits per heavy atom. The molecule has 0 aliphatic rings. The Morgan fingerprint density at radius 3 is 2.60 bits per heavy atom. The van der Waals surface area contributed by atoms with Crippen LogP contribution >= 0.6 is 22.9 Å². The van der Waals surface area contributed by atoms with E-state index in [4.69, 9.17) is 11.6 Å². The van der Waals surface area contributed by atoms with Crippen LogP contribution in [0.4, 0.5) is 0 Å². The molecular formula is C15H24ClNO2S. The van der Waals surface area contributed by atoms with Gasteiger partial charge in [0.25, 0.3) is 0 Å². The van der Waals surface area contributed by atoms with Gasteiger partial charge in [-0.2, -0.15) is 0 Å². The summed E-state index contributed by atoms with van der Waals surface area (Å²) in [4.78, 5) is 13.0. The Balaban J connectivity index is 2.36. The number of carbonyl (C=O) groups excluding carboxylic acids is 1. The lowest BCUT2D eigenvalue weighted by Gasteiger charge is -2.33. The van der Waals surface area contributed by atoms with Gasteiger partial charge in [0.2, 0.25) is 5.91 Å². The SMILES string of the molecule is CC(C)C(O)C(C)(C)CNC(=O)CCc1ccc(Cl)s1. The zero-order chi connectivity index (χ0) is 15.3. The molecule has 1 unspecified atom stereocenters. The maximum absolute atomic E-state index is 11.8. The molecule has 20 heavy (non-hydrogen) atoms. The van der Waals surface area contributed by atoms with E-state index in [0.717, 1.165) is 9.21 Å². The molecule has 1 aromatic rings. The highest BCUT2D eigenvalue weighted by atomic mass is 35.5. The van der Waals surface area contributed by atoms with E-state index in [9.17, 15) is 9.90 Å². The molecular weight excluding hydrogens is 294 g/mol. The molecule has 0 aromatic carbocycles. The number of hydrogen-bond donors (Lipinski definition) is 2. The van der Waals surface area contributed by atoms with Crippen molar-refractivity contribution in [3.8, 4) is 0 Å². The lowest BCUT2D eigenvalue weighted by atomic mass is 9.80. The minimum absolute atomic E-state index is 0.0125. The number of thiophene rings is 1. The number of rotatable bonds is 7. The maximum atomic E-state index is 11.8. The molecule has 0 bridgehead atoms. The van der Waals surface area contributed by atoms with Crippen molar-refractivity contribution in [3.63, 3.8) is 0 Å². The van der Waals surface area contributed by atoms with E-state index in [1.165, 1.54) is 11.3 Å². The average molecular weight is 318 g/mol. The van der Waals surface area contributed by atoms with Gasteiger partial charge in [-0.1, -0.05) is 39.3 Å². The predicted molar refractivity (Wildman–Crippen MR) is 85.3 cm³/mol. The summed E-state index contributed by atoms with van der Waals surface area (Å²) in [7, 11) is 0. The summed E-state index contributed by atoms with van der Waals surface area (Å²) in [5, 5.41) is 13.0. The summed E-state index contributed by atoms with van der Waals surface area (Å²) in [5.41, 5.74) is -0.323. The van der Waals surface area contributed by atoms with E-state index in [1.807, 2.05) is 39.8 Å². The van der Waals surface area contributed by atoms with Gasteiger partial charge in [-0.05, 0) is 24.5 Å². The second kappa shape index (κ2) is 7.43. The quantitative estimate of drug-likeness (QED) is 0.808. The van der Waals surface area contributed by atoms with Crippen molar-refractivity contribution < 1.29 is 9.90 Å². The Bertz CT molecular complexity index is 443. The summed E-state index contributed by atoms with van der Waals surface area (Å²) < 4.78 is 0.751. The second-order valence-corrected chi connectivity index (χ2v) is 7.96. The molecule has 1 heterocycles. The molecule has 3 nitrogen and oxygen atoms in total. The van der Waals surface area contributed by atoms with Gasteiger partial charge >= 0.3 is 0 Å². The number of aryl methyl sites for hydroxylation is 1. The largest absolute Gasteiger partial charge is 0.392 e. The Hall–Kier alpha value is -0.580. The Labute approximate surface area is 130 Å². The minimum atomic E-state index is -0.432. The van der Waals surface area contributed by atoms with Crippen molar-refractivity contribution in [1.29, 1.82) is 0 Å². The molecule has 0 radical (unpaired) electrons. The minimum Gasteiger partial charge on any atom is -0.392 e. The van der Waals surface area contributed by atoms with E-state index in [0.29, 0.717) is 19.4 Å². The lowest BCUT2D eigenvalue weighted by Crippen LogP contribution is -2.43. The lowest BCUT2D eigenvalue weighted by molar-refractivity contribution is -0.122. The van der Waals surface area contributed by atoms with Crippen LogP contribution in [0.1, 0.15) is 39.0 Å². The summed E-state index contributed by atoms with van der Waals surface area (Å²) in [6.07, 6.45) is 0.722. The average Bonchev–Trinajstić information content (AvgIpc) is 2.78. The molecule has 0 spiro atoms. The van der Waals surface area contributed by atoms with Gasteiger partial charge in [-0.25, -0.2) is 0 Å². The highest BCUT2D eigenvalue weighted by molar-refractivity contribution is 7.16. The van der Waals surface area contributed by atoms with Crippen LogP contribution in [0.25, 0.3) is 0 Å². The van der Waals surface area contributed by atoms with Crippen molar-refractivity contribution in [2.24, 2.45) is 11.3 Å². The van der Waals surface area contributed by atoms with Gasteiger partial charge in [-0.15, -0.1) is 11.3 Å². The first-order valence-electron chi connectivity index (χ1n) is 6.91. The van der Waals surface area contributed by atoms with E-state index in [-0.39, 0.29) is 17.2 Å². The normalized spacial score (nSPS) is 13.6. The third-order valence-electron chi connectivity index (χ3n) is 3.40. The van der Waals surface area contributed by atoms with Gasteiger partial charge in [0, 0.05) is 23.3 Å². The van der Waals surface area contributed by atoms with E-state index < -0.39 is 6.10 Å². The molecule has 0 fully saturated rings. The fraction of sp³-hybridized carbons (Fsp3) is 0.667. The fourth-order valence-corrected chi connectivity index (χ4v) is 3.23. The molecule has 1 amide bonds. The number of amides is 1. The van der Waals surface area contributed by atoms with Crippen LogP contribution in [-0.2, 0) is 11.2 Å². The van der Waals surface area contributed by atoms with E-state index >= 15 is 0 Å². The van der Waals surface area contributed by atoms with Gasteiger partial charge < -0.3 is 10.4 Å². The van der Waals surface area contributed by atoms with Crippen molar-refractivity contribution in [2.75, 3.05) is 6.54 Å². The molecule has 0 saturated heterocycles. The molecule has 2 N–H and O–H groups in total. The van der Waals surface area contributed by atoms with Crippen LogP contribution in [-0.4, -0.2) is 23.7 Å². The molecule has 1 rings (SSSR count). The molecule has 1 atom stereocenters. The number of aliphatic hydroxyl groups is 1. The Kier molecular flexibility index (Phi) is 6.49. The molecule has 0 aliphatic heterocycles.